The second-order valence-corrected chi connectivity index (χ2v) is 2.92. The summed E-state index contributed by atoms with van der Waals surface area (Å²) >= 11 is 0. The second kappa shape index (κ2) is 5.01. The molecule has 0 aliphatic rings. The molecule has 1 rings (SSSR count). The fraction of sp³-hybridized carbons (Fsp3) is 0.273. The van der Waals surface area contributed by atoms with E-state index in [0.29, 0.717) is 11.3 Å². The molecule has 0 unspecified atom stereocenters. The van der Waals surface area contributed by atoms with Crippen molar-refractivity contribution in [2.45, 2.75) is 13.3 Å². The lowest BCUT2D eigenvalue weighted by molar-refractivity contribution is -0.139. The smallest absolute Gasteiger partial charge is 0.317 e. The molecule has 0 aliphatic carbocycles. The van der Waals surface area contributed by atoms with Gasteiger partial charge in [0.25, 0.3) is 0 Å². The van der Waals surface area contributed by atoms with Gasteiger partial charge in [0.15, 0.2) is 0 Å². The van der Waals surface area contributed by atoms with Crippen LogP contribution in [0.25, 0.3) is 0 Å². The van der Waals surface area contributed by atoms with Crippen LogP contribution in [0.2, 0.25) is 0 Å². The normalized spacial score (nSPS) is 8.93. The highest BCUT2D eigenvalue weighted by Gasteiger charge is 1.96. The predicted molar refractivity (Wildman–Crippen MR) is 55.3 cm³/mol. The third-order valence-electron chi connectivity index (χ3n) is 1.80. The lowest BCUT2D eigenvalue weighted by atomic mass is 10.2. The molecule has 1 N–H and O–H groups in total. The Morgan fingerprint density at radius 3 is 2.87 bits per heavy atom. The van der Waals surface area contributed by atoms with Gasteiger partial charge in [0, 0.05) is 17.3 Å². The van der Waals surface area contributed by atoms with Crippen molar-refractivity contribution in [3.8, 4) is 11.8 Å². The summed E-state index contributed by atoms with van der Waals surface area (Å²) in [7, 11) is 1.31. The van der Waals surface area contributed by atoms with Crippen LogP contribution in [0.15, 0.2) is 16.9 Å². The standard InChI is InChI=1S/C11H11NO3/c1-8-9(6-7-10(13)12-8)4-3-5-11(14)15-2/h6-7H,5H2,1-2H3,(H,12,13). The van der Waals surface area contributed by atoms with Gasteiger partial charge in [0.1, 0.15) is 6.42 Å². The number of rotatable bonds is 1. The summed E-state index contributed by atoms with van der Waals surface area (Å²) in [6.45, 7) is 1.75. The van der Waals surface area contributed by atoms with Gasteiger partial charge in [0.05, 0.1) is 7.11 Å². The quantitative estimate of drug-likeness (QED) is 0.539. The number of H-pyrrole nitrogens is 1. The highest BCUT2D eigenvalue weighted by molar-refractivity contribution is 5.72. The highest BCUT2D eigenvalue weighted by Crippen LogP contribution is 1.98. The van der Waals surface area contributed by atoms with Gasteiger partial charge in [-0.1, -0.05) is 11.8 Å². The van der Waals surface area contributed by atoms with E-state index in [0.717, 1.165) is 0 Å². The molecule has 0 saturated carbocycles. The lowest BCUT2D eigenvalue weighted by Crippen LogP contribution is -2.06. The Kier molecular flexibility index (Phi) is 3.69. The maximum absolute atomic E-state index is 10.9. The monoisotopic (exact) mass is 205 g/mol. The van der Waals surface area contributed by atoms with Crippen LogP contribution in [0, 0.1) is 18.8 Å². The summed E-state index contributed by atoms with van der Waals surface area (Å²) in [5.74, 6) is 5.08. The molecule has 1 heterocycles. The molecule has 0 fully saturated rings. The topological polar surface area (TPSA) is 59.2 Å². The lowest BCUT2D eigenvalue weighted by Gasteiger charge is -1.95. The van der Waals surface area contributed by atoms with E-state index in [2.05, 4.69) is 21.6 Å². The Morgan fingerprint density at radius 2 is 2.27 bits per heavy atom. The highest BCUT2D eigenvalue weighted by atomic mass is 16.5. The van der Waals surface area contributed by atoms with Crippen molar-refractivity contribution < 1.29 is 9.53 Å². The number of esters is 1. The predicted octanol–water partition coefficient (Wildman–Crippen LogP) is 0.598. The number of nitrogens with one attached hydrogen (secondary N) is 1. The Hall–Kier alpha value is -2.02. The Morgan fingerprint density at radius 1 is 1.53 bits per heavy atom. The van der Waals surface area contributed by atoms with Gasteiger partial charge >= 0.3 is 5.97 Å². The first-order valence-electron chi connectivity index (χ1n) is 4.39. The number of aromatic amines is 1. The largest absolute Gasteiger partial charge is 0.468 e. The number of methoxy groups -OCH3 is 1. The van der Waals surface area contributed by atoms with Gasteiger partial charge in [-0.25, -0.2) is 0 Å². The van der Waals surface area contributed by atoms with Gasteiger partial charge in [-0.15, -0.1) is 0 Å². The van der Waals surface area contributed by atoms with Gasteiger partial charge in [-0.05, 0) is 13.0 Å². The van der Waals surface area contributed by atoms with Crippen molar-refractivity contribution in [2.75, 3.05) is 7.11 Å². The van der Waals surface area contributed by atoms with Crippen LogP contribution in [-0.4, -0.2) is 18.1 Å². The van der Waals surface area contributed by atoms with Gasteiger partial charge in [0.2, 0.25) is 5.56 Å². The van der Waals surface area contributed by atoms with Gasteiger partial charge in [-0.3, -0.25) is 9.59 Å². The molecule has 0 radical (unpaired) electrons. The molecule has 4 nitrogen and oxygen atoms in total. The summed E-state index contributed by atoms with van der Waals surface area (Å²) in [6.07, 6.45) is 0.0507. The minimum atomic E-state index is -0.371. The summed E-state index contributed by atoms with van der Waals surface area (Å²) in [5.41, 5.74) is 1.24. The first kappa shape index (κ1) is 11.1. The average molecular weight is 205 g/mol. The number of pyridine rings is 1. The molecule has 0 atom stereocenters. The fourth-order valence-electron chi connectivity index (χ4n) is 0.997. The van der Waals surface area contributed by atoms with Crippen LogP contribution in [0.5, 0.6) is 0 Å². The van der Waals surface area contributed by atoms with E-state index in [-0.39, 0.29) is 17.9 Å². The summed E-state index contributed by atoms with van der Waals surface area (Å²) < 4.78 is 4.44. The van der Waals surface area contributed by atoms with Crippen molar-refractivity contribution in [3.63, 3.8) is 0 Å². The molecule has 4 heteroatoms. The van der Waals surface area contributed by atoms with Crippen LogP contribution >= 0.6 is 0 Å². The molecule has 15 heavy (non-hydrogen) atoms. The number of carbonyl (C=O) groups excluding carboxylic acids is 1. The van der Waals surface area contributed by atoms with Crippen LogP contribution < -0.4 is 5.56 Å². The van der Waals surface area contributed by atoms with E-state index < -0.39 is 0 Å². The third kappa shape index (κ3) is 3.31. The SMILES string of the molecule is COC(=O)CC#Cc1ccc(=O)[nH]c1C. The summed E-state index contributed by atoms with van der Waals surface area (Å²) in [4.78, 5) is 24.3. The molecule has 0 amide bonds. The molecule has 0 aliphatic heterocycles. The fourth-order valence-corrected chi connectivity index (χ4v) is 0.997. The van der Waals surface area contributed by atoms with E-state index in [1.165, 1.54) is 13.2 Å². The van der Waals surface area contributed by atoms with Crippen molar-refractivity contribution in [1.82, 2.24) is 4.98 Å². The Bertz CT molecular complexity index is 477. The van der Waals surface area contributed by atoms with Crippen LogP contribution in [-0.2, 0) is 9.53 Å². The van der Waals surface area contributed by atoms with Gasteiger partial charge in [-0.2, -0.15) is 0 Å². The van der Waals surface area contributed by atoms with Crippen molar-refractivity contribution in [1.29, 1.82) is 0 Å². The second-order valence-electron chi connectivity index (χ2n) is 2.92. The van der Waals surface area contributed by atoms with Crippen LogP contribution in [0.3, 0.4) is 0 Å². The number of ether oxygens (including phenoxy) is 1. The maximum atomic E-state index is 10.9. The van der Waals surface area contributed by atoms with Crippen molar-refractivity contribution >= 4 is 5.97 Å². The van der Waals surface area contributed by atoms with E-state index in [9.17, 15) is 9.59 Å². The number of hydrogen-bond acceptors (Lipinski definition) is 3. The van der Waals surface area contributed by atoms with Crippen LogP contribution in [0.1, 0.15) is 17.7 Å². The minimum Gasteiger partial charge on any atom is -0.468 e. The third-order valence-corrected chi connectivity index (χ3v) is 1.80. The van der Waals surface area contributed by atoms with E-state index in [1.54, 1.807) is 13.0 Å². The minimum absolute atomic E-state index is 0.0507. The number of hydrogen-bond donors (Lipinski definition) is 1. The van der Waals surface area contributed by atoms with E-state index >= 15 is 0 Å². The molecule has 1 aromatic heterocycles. The number of carbonyl (C=O) groups is 1. The zero-order valence-electron chi connectivity index (χ0n) is 8.59. The molecule has 78 valence electrons. The van der Waals surface area contributed by atoms with E-state index in [4.69, 9.17) is 0 Å². The van der Waals surface area contributed by atoms with Crippen molar-refractivity contribution in [3.05, 3.63) is 33.7 Å². The average Bonchev–Trinajstić information content (AvgIpc) is 2.21. The molecular formula is C11H11NO3. The molecule has 0 saturated heterocycles. The summed E-state index contributed by atoms with van der Waals surface area (Å²) in [5, 5.41) is 0. The number of aromatic nitrogens is 1. The zero-order valence-corrected chi connectivity index (χ0v) is 8.59. The molecule has 0 spiro atoms. The first-order valence-corrected chi connectivity index (χ1v) is 4.39. The molecular weight excluding hydrogens is 194 g/mol. The Balaban J connectivity index is 2.80. The molecule has 0 aromatic carbocycles. The number of aryl methyl sites for hydroxylation is 1. The Labute approximate surface area is 87.3 Å². The van der Waals surface area contributed by atoms with Crippen LogP contribution in [0.4, 0.5) is 0 Å². The molecule has 0 bridgehead atoms. The summed E-state index contributed by atoms with van der Waals surface area (Å²) in [6, 6.07) is 3.02. The molecule has 1 aromatic rings. The maximum Gasteiger partial charge on any atom is 0.317 e. The van der Waals surface area contributed by atoms with E-state index in [1.807, 2.05) is 0 Å². The van der Waals surface area contributed by atoms with Crippen molar-refractivity contribution in [2.24, 2.45) is 0 Å². The first-order chi connectivity index (χ1) is 7.13. The zero-order chi connectivity index (χ0) is 11.3. The van der Waals surface area contributed by atoms with Gasteiger partial charge < -0.3 is 9.72 Å².